The van der Waals surface area contributed by atoms with Gasteiger partial charge in [0.2, 0.25) is 0 Å². The first-order chi connectivity index (χ1) is 12.7. The van der Waals surface area contributed by atoms with Gasteiger partial charge in [-0.2, -0.15) is 0 Å². The van der Waals surface area contributed by atoms with Crippen molar-refractivity contribution in [3.05, 3.63) is 95.8 Å². The van der Waals surface area contributed by atoms with Crippen molar-refractivity contribution in [2.45, 2.75) is 12.6 Å². The standard InChI is InChI=1S/C21H17N3O2/c25-20(23-17-10-12-22-13-11-17)19(15-6-2-1-3-7-15)24-14-16-8-4-5-9-18(16)21(24)26/h1-13,19H,14H2,(H,22,23,25). The van der Waals surface area contributed by atoms with E-state index in [1.165, 1.54) is 0 Å². The van der Waals surface area contributed by atoms with Gasteiger partial charge in [0, 0.05) is 30.2 Å². The number of nitrogens with zero attached hydrogens (tertiary/aromatic N) is 2. The zero-order valence-corrected chi connectivity index (χ0v) is 14.0. The molecule has 2 heterocycles. The van der Waals surface area contributed by atoms with E-state index in [1.807, 2.05) is 48.5 Å². The van der Waals surface area contributed by atoms with Gasteiger partial charge < -0.3 is 10.2 Å². The van der Waals surface area contributed by atoms with Crippen molar-refractivity contribution in [1.29, 1.82) is 0 Å². The Bertz CT molecular complexity index is 942. The van der Waals surface area contributed by atoms with Crippen LogP contribution in [0.4, 0.5) is 5.69 Å². The van der Waals surface area contributed by atoms with E-state index >= 15 is 0 Å². The molecule has 0 saturated carbocycles. The third-order valence-electron chi connectivity index (χ3n) is 4.47. The maximum Gasteiger partial charge on any atom is 0.255 e. The number of hydrogen-bond acceptors (Lipinski definition) is 3. The summed E-state index contributed by atoms with van der Waals surface area (Å²) in [4.78, 5) is 31.6. The molecule has 0 aliphatic carbocycles. The highest BCUT2D eigenvalue weighted by Crippen LogP contribution is 2.32. The van der Waals surface area contributed by atoms with E-state index in [2.05, 4.69) is 10.3 Å². The van der Waals surface area contributed by atoms with Crippen molar-refractivity contribution < 1.29 is 9.59 Å². The highest BCUT2D eigenvalue weighted by atomic mass is 16.2. The Kier molecular flexibility index (Phi) is 4.19. The van der Waals surface area contributed by atoms with Crippen LogP contribution in [-0.4, -0.2) is 21.7 Å². The van der Waals surface area contributed by atoms with E-state index in [1.54, 1.807) is 35.5 Å². The molecule has 2 amide bonds. The van der Waals surface area contributed by atoms with Crippen molar-refractivity contribution in [2.75, 3.05) is 5.32 Å². The average Bonchev–Trinajstić information content (AvgIpc) is 3.00. The number of rotatable bonds is 4. The minimum Gasteiger partial charge on any atom is -0.324 e. The van der Waals surface area contributed by atoms with Gasteiger partial charge in [0.05, 0.1) is 0 Å². The summed E-state index contributed by atoms with van der Waals surface area (Å²) in [5.41, 5.74) is 3.02. The molecule has 0 radical (unpaired) electrons. The van der Waals surface area contributed by atoms with Gasteiger partial charge in [-0.05, 0) is 29.3 Å². The highest BCUT2D eigenvalue weighted by Gasteiger charge is 2.37. The van der Waals surface area contributed by atoms with E-state index in [9.17, 15) is 9.59 Å². The van der Waals surface area contributed by atoms with Crippen LogP contribution in [0.25, 0.3) is 0 Å². The first-order valence-corrected chi connectivity index (χ1v) is 8.39. The Labute approximate surface area is 151 Å². The number of fused-ring (bicyclic) bond motifs is 1. The summed E-state index contributed by atoms with van der Waals surface area (Å²) >= 11 is 0. The second kappa shape index (κ2) is 6.80. The number of pyridine rings is 1. The van der Waals surface area contributed by atoms with Crippen LogP contribution in [0.5, 0.6) is 0 Å². The van der Waals surface area contributed by atoms with Crippen molar-refractivity contribution in [3.63, 3.8) is 0 Å². The van der Waals surface area contributed by atoms with E-state index in [0.29, 0.717) is 17.8 Å². The van der Waals surface area contributed by atoms with Crippen LogP contribution >= 0.6 is 0 Å². The zero-order valence-electron chi connectivity index (χ0n) is 14.0. The Balaban J connectivity index is 1.69. The molecule has 26 heavy (non-hydrogen) atoms. The lowest BCUT2D eigenvalue weighted by Gasteiger charge is -2.27. The Morgan fingerprint density at radius 3 is 2.38 bits per heavy atom. The summed E-state index contributed by atoms with van der Waals surface area (Å²) in [7, 11) is 0. The Morgan fingerprint density at radius 1 is 0.962 bits per heavy atom. The number of carbonyl (C=O) groups is 2. The normalized spacial score (nSPS) is 14.0. The van der Waals surface area contributed by atoms with Gasteiger partial charge >= 0.3 is 0 Å². The van der Waals surface area contributed by atoms with Crippen LogP contribution in [-0.2, 0) is 11.3 Å². The molecule has 0 spiro atoms. The number of anilines is 1. The molecule has 1 N–H and O–H groups in total. The summed E-state index contributed by atoms with van der Waals surface area (Å²) in [6.45, 7) is 0.415. The number of nitrogens with one attached hydrogen (secondary N) is 1. The van der Waals surface area contributed by atoms with Crippen LogP contribution in [0.2, 0.25) is 0 Å². The van der Waals surface area contributed by atoms with Crippen LogP contribution < -0.4 is 5.32 Å². The number of benzene rings is 2. The van der Waals surface area contributed by atoms with Gasteiger partial charge in [-0.25, -0.2) is 0 Å². The molecule has 1 unspecified atom stereocenters. The van der Waals surface area contributed by atoms with E-state index in [-0.39, 0.29) is 11.8 Å². The summed E-state index contributed by atoms with van der Waals surface area (Å²) < 4.78 is 0. The molecule has 5 nitrogen and oxygen atoms in total. The first-order valence-electron chi connectivity index (χ1n) is 8.39. The van der Waals surface area contributed by atoms with Gasteiger partial charge in [-0.15, -0.1) is 0 Å². The van der Waals surface area contributed by atoms with Crippen LogP contribution in [0.15, 0.2) is 79.1 Å². The maximum absolute atomic E-state index is 13.1. The fraction of sp³-hybridized carbons (Fsp3) is 0.0952. The monoisotopic (exact) mass is 343 g/mol. The molecule has 4 rings (SSSR count). The first kappa shape index (κ1) is 16.0. The van der Waals surface area contributed by atoms with E-state index in [0.717, 1.165) is 11.1 Å². The lowest BCUT2D eigenvalue weighted by atomic mass is 10.0. The van der Waals surface area contributed by atoms with Gasteiger partial charge in [0.1, 0.15) is 6.04 Å². The fourth-order valence-electron chi connectivity index (χ4n) is 3.24. The number of amides is 2. The fourth-order valence-corrected chi connectivity index (χ4v) is 3.24. The highest BCUT2D eigenvalue weighted by molar-refractivity contribution is 6.03. The largest absolute Gasteiger partial charge is 0.324 e. The molecule has 3 aromatic rings. The zero-order chi connectivity index (χ0) is 17.9. The smallest absolute Gasteiger partial charge is 0.255 e. The number of hydrogen-bond donors (Lipinski definition) is 1. The van der Waals surface area contributed by atoms with Crippen LogP contribution in [0.3, 0.4) is 0 Å². The molecule has 5 heteroatoms. The molecular formula is C21H17N3O2. The summed E-state index contributed by atoms with van der Waals surface area (Å²) in [5, 5.41) is 2.89. The Morgan fingerprint density at radius 2 is 1.65 bits per heavy atom. The molecule has 0 fully saturated rings. The molecule has 1 aliphatic rings. The third kappa shape index (κ3) is 2.95. The second-order valence-electron chi connectivity index (χ2n) is 6.13. The average molecular weight is 343 g/mol. The molecule has 1 aliphatic heterocycles. The predicted octanol–water partition coefficient (Wildman–Crippen LogP) is 3.42. The van der Waals surface area contributed by atoms with Gasteiger partial charge in [-0.1, -0.05) is 48.5 Å². The molecule has 0 bridgehead atoms. The summed E-state index contributed by atoms with van der Waals surface area (Å²) in [6.07, 6.45) is 3.23. The summed E-state index contributed by atoms with van der Waals surface area (Å²) in [6, 6.07) is 19.6. The van der Waals surface area contributed by atoms with Gasteiger partial charge in [0.15, 0.2) is 0 Å². The predicted molar refractivity (Wildman–Crippen MR) is 98.4 cm³/mol. The molecule has 1 atom stereocenters. The van der Waals surface area contributed by atoms with E-state index in [4.69, 9.17) is 0 Å². The number of aromatic nitrogens is 1. The minimum atomic E-state index is -0.704. The molecule has 1 aromatic heterocycles. The van der Waals surface area contributed by atoms with Gasteiger partial charge in [-0.3, -0.25) is 14.6 Å². The van der Waals surface area contributed by atoms with Crippen molar-refractivity contribution in [1.82, 2.24) is 9.88 Å². The third-order valence-corrected chi connectivity index (χ3v) is 4.47. The van der Waals surface area contributed by atoms with Crippen LogP contribution in [0.1, 0.15) is 27.5 Å². The SMILES string of the molecule is O=C(Nc1ccncc1)C(c1ccccc1)N1Cc2ccccc2C1=O. The molecule has 0 saturated heterocycles. The lowest BCUT2D eigenvalue weighted by Crippen LogP contribution is -2.37. The van der Waals surface area contributed by atoms with Gasteiger partial charge in [0.25, 0.3) is 11.8 Å². The lowest BCUT2D eigenvalue weighted by molar-refractivity contribution is -0.120. The Hall–Kier alpha value is -3.47. The maximum atomic E-state index is 13.1. The number of carbonyl (C=O) groups excluding carboxylic acids is 2. The summed E-state index contributed by atoms with van der Waals surface area (Å²) in [5.74, 6) is -0.372. The van der Waals surface area contributed by atoms with Crippen LogP contribution in [0, 0.1) is 0 Å². The van der Waals surface area contributed by atoms with Crippen molar-refractivity contribution in [3.8, 4) is 0 Å². The minimum absolute atomic E-state index is 0.126. The second-order valence-corrected chi connectivity index (χ2v) is 6.13. The quantitative estimate of drug-likeness (QED) is 0.789. The topological polar surface area (TPSA) is 62.3 Å². The van der Waals surface area contributed by atoms with E-state index < -0.39 is 6.04 Å². The van der Waals surface area contributed by atoms with Crippen molar-refractivity contribution >= 4 is 17.5 Å². The molecular weight excluding hydrogens is 326 g/mol. The molecule has 128 valence electrons. The molecule has 2 aromatic carbocycles. The van der Waals surface area contributed by atoms with Crippen molar-refractivity contribution in [2.24, 2.45) is 0 Å².